The summed E-state index contributed by atoms with van der Waals surface area (Å²) in [6, 6.07) is 12.6. The van der Waals surface area contributed by atoms with Crippen molar-refractivity contribution in [1.29, 1.82) is 0 Å². The number of ether oxygens (including phenoxy) is 1. The second-order valence-corrected chi connectivity index (χ2v) is 9.74. The predicted octanol–water partition coefficient (Wildman–Crippen LogP) is 4.94. The van der Waals surface area contributed by atoms with Crippen LogP contribution in [-0.4, -0.2) is 56.3 Å². The highest BCUT2D eigenvalue weighted by molar-refractivity contribution is 7.17. The van der Waals surface area contributed by atoms with E-state index in [2.05, 4.69) is 25.4 Å². The van der Waals surface area contributed by atoms with Crippen molar-refractivity contribution < 1.29 is 13.5 Å². The minimum atomic E-state index is -1.11. The molecule has 4 heterocycles. The number of nitrogens with two attached hydrogens (primary N) is 1. The topological polar surface area (TPSA) is 95.0 Å². The molecule has 1 fully saturated rings. The highest BCUT2D eigenvalue weighted by Gasteiger charge is 2.22. The number of nitrogen functional groups attached to an aromatic ring is 1. The first-order valence-electron chi connectivity index (χ1n) is 11.9. The molecule has 11 heteroatoms. The molecule has 0 atom stereocenters. The second kappa shape index (κ2) is 9.83. The minimum Gasteiger partial charge on any atom is -0.489 e. The van der Waals surface area contributed by atoms with Gasteiger partial charge in [-0.3, -0.25) is 4.90 Å². The number of pyridine rings is 1. The van der Waals surface area contributed by atoms with E-state index in [4.69, 9.17) is 10.5 Å². The van der Waals surface area contributed by atoms with Crippen LogP contribution >= 0.6 is 11.3 Å². The Bertz CT molecular complexity index is 1580. The van der Waals surface area contributed by atoms with Crippen molar-refractivity contribution in [1.82, 2.24) is 30.1 Å². The normalized spacial score (nSPS) is 14.0. The Morgan fingerprint density at radius 2 is 1.86 bits per heavy atom. The van der Waals surface area contributed by atoms with Crippen molar-refractivity contribution in [2.24, 2.45) is 0 Å². The molecule has 1 aliphatic rings. The van der Waals surface area contributed by atoms with Crippen LogP contribution < -0.4 is 10.5 Å². The fourth-order valence-electron chi connectivity index (χ4n) is 4.61. The lowest BCUT2D eigenvalue weighted by Crippen LogP contribution is -2.25. The highest BCUT2D eigenvalue weighted by Crippen LogP contribution is 2.36. The average Bonchev–Trinajstić information content (AvgIpc) is 3.68. The molecule has 2 aromatic carbocycles. The number of hydrogen-bond donors (Lipinski definition) is 1. The van der Waals surface area contributed by atoms with Gasteiger partial charge in [-0.25, -0.2) is 9.37 Å². The lowest BCUT2D eigenvalue weighted by molar-refractivity contribution is 0.229. The van der Waals surface area contributed by atoms with Gasteiger partial charge in [0.1, 0.15) is 18.1 Å². The Labute approximate surface area is 215 Å². The molecule has 3 aromatic heterocycles. The van der Waals surface area contributed by atoms with E-state index in [-0.39, 0.29) is 29.7 Å². The maximum absolute atomic E-state index is 15.2. The summed E-state index contributed by atoms with van der Waals surface area (Å²) in [5.41, 5.74) is 8.23. The van der Waals surface area contributed by atoms with Crippen molar-refractivity contribution in [3.8, 4) is 34.0 Å². The lowest BCUT2D eigenvalue weighted by Gasteiger charge is -2.16. The van der Waals surface area contributed by atoms with Gasteiger partial charge in [0.25, 0.3) is 0 Å². The number of fused-ring (bicyclic) bond motifs is 1. The third-order valence-electron chi connectivity index (χ3n) is 6.54. The number of benzene rings is 2. The van der Waals surface area contributed by atoms with E-state index < -0.39 is 11.6 Å². The molecule has 6 rings (SSSR count). The first-order valence-corrected chi connectivity index (χ1v) is 12.8. The van der Waals surface area contributed by atoms with Crippen LogP contribution in [-0.2, 0) is 0 Å². The summed E-state index contributed by atoms with van der Waals surface area (Å²) in [5, 5.41) is 14.8. The van der Waals surface area contributed by atoms with E-state index in [1.54, 1.807) is 17.5 Å². The number of hydrogen-bond acceptors (Lipinski definition) is 8. The Hall–Kier alpha value is -3.96. The largest absolute Gasteiger partial charge is 0.489 e. The standard InChI is InChI=1S/C26H23F2N7OS/c27-23-20(7-8-21(24(23)28)36-12-11-34-9-3-4-10-34)35-26(31-32-33-35)18-13-16(14-30-25(18)29)19-15-37-22-6-2-1-5-17(19)22/h1-2,5-8,13-15H,3-4,9-12H2,(H2,29,30). The molecular weight excluding hydrogens is 496 g/mol. The summed E-state index contributed by atoms with van der Waals surface area (Å²) in [5.74, 6) is -2.04. The molecule has 0 amide bonds. The molecular formula is C26H23F2N7OS. The van der Waals surface area contributed by atoms with E-state index in [1.165, 1.54) is 12.1 Å². The molecule has 0 bridgehead atoms. The third kappa shape index (κ3) is 4.40. The number of anilines is 1. The smallest absolute Gasteiger partial charge is 0.202 e. The molecule has 37 heavy (non-hydrogen) atoms. The summed E-state index contributed by atoms with van der Waals surface area (Å²) in [6.07, 6.45) is 3.98. The van der Waals surface area contributed by atoms with Gasteiger partial charge in [0, 0.05) is 34.0 Å². The van der Waals surface area contributed by atoms with Gasteiger partial charge in [-0.15, -0.1) is 16.4 Å². The van der Waals surface area contributed by atoms with Gasteiger partial charge >= 0.3 is 0 Å². The molecule has 8 nitrogen and oxygen atoms in total. The predicted molar refractivity (Wildman–Crippen MR) is 139 cm³/mol. The maximum Gasteiger partial charge on any atom is 0.202 e. The van der Waals surface area contributed by atoms with Crippen molar-refractivity contribution in [3.05, 3.63) is 65.7 Å². The summed E-state index contributed by atoms with van der Waals surface area (Å²) in [4.78, 5) is 6.57. The van der Waals surface area contributed by atoms with Crippen molar-refractivity contribution in [2.75, 3.05) is 32.0 Å². The van der Waals surface area contributed by atoms with Crippen LogP contribution in [0.5, 0.6) is 5.75 Å². The molecule has 0 saturated carbocycles. The number of rotatable bonds is 7. The van der Waals surface area contributed by atoms with Crippen LogP contribution in [0.3, 0.4) is 0 Å². The highest BCUT2D eigenvalue weighted by atomic mass is 32.1. The van der Waals surface area contributed by atoms with E-state index in [1.807, 2.05) is 35.7 Å². The Morgan fingerprint density at radius 3 is 2.73 bits per heavy atom. The molecule has 0 spiro atoms. The van der Waals surface area contributed by atoms with Crippen LogP contribution in [0.1, 0.15) is 12.8 Å². The number of thiophene rings is 1. The van der Waals surface area contributed by atoms with Gasteiger partial charge in [-0.1, -0.05) is 18.2 Å². The average molecular weight is 520 g/mol. The molecule has 5 aromatic rings. The number of tetrazole rings is 1. The number of aromatic nitrogens is 5. The SMILES string of the molecule is Nc1ncc(-c2csc3ccccc23)cc1-c1nnnn1-c1ccc(OCCN2CCCC2)c(F)c1F. The lowest BCUT2D eigenvalue weighted by atomic mass is 10.0. The zero-order valence-corrected chi connectivity index (χ0v) is 20.6. The Balaban J connectivity index is 1.32. The summed E-state index contributed by atoms with van der Waals surface area (Å²) < 4.78 is 37.9. The quantitative estimate of drug-likeness (QED) is 0.325. The van der Waals surface area contributed by atoms with Crippen molar-refractivity contribution in [3.63, 3.8) is 0 Å². The molecule has 1 aliphatic heterocycles. The van der Waals surface area contributed by atoms with Crippen LogP contribution in [0.2, 0.25) is 0 Å². The van der Waals surface area contributed by atoms with Gasteiger partial charge in [0.15, 0.2) is 17.4 Å². The molecule has 188 valence electrons. The van der Waals surface area contributed by atoms with Crippen LogP contribution in [0.15, 0.2) is 54.0 Å². The zero-order chi connectivity index (χ0) is 25.4. The fourth-order valence-corrected chi connectivity index (χ4v) is 5.58. The van der Waals surface area contributed by atoms with Gasteiger partial charge in [-0.2, -0.15) is 9.07 Å². The monoisotopic (exact) mass is 519 g/mol. The van der Waals surface area contributed by atoms with E-state index in [0.29, 0.717) is 12.1 Å². The third-order valence-corrected chi connectivity index (χ3v) is 7.50. The zero-order valence-electron chi connectivity index (χ0n) is 19.8. The summed E-state index contributed by atoms with van der Waals surface area (Å²) in [6.45, 7) is 2.95. The van der Waals surface area contributed by atoms with Gasteiger partial charge in [0.2, 0.25) is 5.82 Å². The number of nitrogens with zero attached hydrogens (tertiary/aromatic N) is 6. The molecule has 0 radical (unpaired) electrons. The Kier molecular flexibility index (Phi) is 6.23. The molecule has 1 saturated heterocycles. The first kappa shape index (κ1) is 23.4. The molecule has 0 aliphatic carbocycles. The Morgan fingerprint density at radius 1 is 1.03 bits per heavy atom. The van der Waals surface area contributed by atoms with Gasteiger partial charge in [0.05, 0.1) is 5.56 Å². The summed E-state index contributed by atoms with van der Waals surface area (Å²) >= 11 is 1.62. The number of likely N-dealkylation sites (tertiary alicyclic amines) is 1. The van der Waals surface area contributed by atoms with Crippen LogP contribution in [0.4, 0.5) is 14.6 Å². The van der Waals surface area contributed by atoms with E-state index >= 15 is 4.39 Å². The van der Waals surface area contributed by atoms with E-state index in [0.717, 1.165) is 51.8 Å². The molecule has 0 unspecified atom stereocenters. The van der Waals surface area contributed by atoms with E-state index in [9.17, 15) is 4.39 Å². The van der Waals surface area contributed by atoms with Gasteiger partial charge < -0.3 is 10.5 Å². The van der Waals surface area contributed by atoms with Crippen molar-refractivity contribution in [2.45, 2.75) is 12.8 Å². The van der Waals surface area contributed by atoms with Crippen LogP contribution in [0, 0.1) is 11.6 Å². The van der Waals surface area contributed by atoms with Crippen LogP contribution in [0.25, 0.3) is 38.3 Å². The molecule has 2 N–H and O–H groups in total. The number of halogens is 2. The second-order valence-electron chi connectivity index (χ2n) is 8.82. The fraction of sp³-hybridized carbons (Fsp3) is 0.231. The van der Waals surface area contributed by atoms with Gasteiger partial charge in [-0.05, 0) is 66.0 Å². The maximum atomic E-state index is 15.2. The van der Waals surface area contributed by atoms with Crippen molar-refractivity contribution >= 4 is 27.2 Å². The summed E-state index contributed by atoms with van der Waals surface area (Å²) in [7, 11) is 0. The first-order chi connectivity index (χ1) is 18.1. The minimum absolute atomic E-state index is 0.146.